The fraction of sp³-hybridized carbons (Fsp3) is 0.556. The van der Waals surface area contributed by atoms with Gasteiger partial charge in [-0.15, -0.1) is 0 Å². The summed E-state index contributed by atoms with van der Waals surface area (Å²) in [6.07, 6.45) is 3.70. The van der Waals surface area contributed by atoms with Crippen molar-refractivity contribution in [2.75, 3.05) is 18.1 Å². The van der Waals surface area contributed by atoms with Gasteiger partial charge >= 0.3 is 0 Å². The number of hydrogen-bond donors (Lipinski definition) is 1. The van der Waals surface area contributed by atoms with Crippen molar-refractivity contribution in [3.8, 4) is 0 Å². The van der Waals surface area contributed by atoms with Crippen LogP contribution in [0.4, 0.5) is 5.95 Å². The van der Waals surface area contributed by atoms with Gasteiger partial charge in [-0.1, -0.05) is 11.6 Å². The van der Waals surface area contributed by atoms with E-state index in [1.165, 1.54) is 0 Å². The molecule has 0 spiro atoms. The highest BCUT2D eigenvalue weighted by molar-refractivity contribution is 6.29. The molecule has 1 aromatic rings. The summed E-state index contributed by atoms with van der Waals surface area (Å²) in [6, 6.07) is 1.79. The average molecular weight is 214 g/mol. The predicted molar refractivity (Wildman–Crippen MR) is 54.5 cm³/mol. The lowest BCUT2D eigenvalue weighted by Crippen LogP contribution is -2.33. The minimum absolute atomic E-state index is 0.147. The molecule has 0 unspecified atom stereocenters. The van der Waals surface area contributed by atoms with Crippen LogP contribution < -0.4 is 4.90 Å². The van der Waals surface area contributed by atoms with E-state index < -0.39 is 0 Å². The number of aliphatic hydroxyl groups is 1. The summed E-state index contributed by atoms with van der Waals surface area (Å²) in [5.74, 6) is 0.619. The van der Waals surface area contributed by atoms with E-state index in [4.69, 9.17) is 16.7 Å². The first-order valence-corrected chi connectivity index (χ1v) is 5.05. The fourth-order valence-electron chi connectivity index (χ4n) is 1.75. The zero-order valence-electron chi connectivity index (χ0n) is 7.73. The summed E-state index contributed by atoms with van der Waals surface area (Å²) >= 11 is 5.77. The molecule has 0 amide bonds. The summed E-state index contributed by atoms with van der Waals surface area (Å²) in [6.45, 7) is 1.04. The van der Waals surface area contributed by atoms with Gasteiger partial charge in [0.05, 0.1) is 12.6 Å². The van der Waals surface area contributed by atoms with Crippen molar-refractivity contribution in [3.05, 3.63) is 17.4 Å². The molecule has 1 aliphatic rings. The van der Waals surface area contributed by atoms with E-state index in [1.807, 2.05) is 4.90 Å². The summed E-state index contributed by atoms with van der Waals surface area (Å²) in [4.78, 5) is 10.3. The number of aliphatic hydroxyl groups excluding tert-OH is 1. The highest BCUT2D eigenvalue weighted by Crippen LogP contribution is 2.22. The van der Waals surface area contributed by atoms with Gasteiger partial charge in [-0.25, -0.2) is 9.97 Å². The average Bonchev–Trinajstić information content (AvgIpc) is 2.65. The molecule has 1 saturated heterocycles. The van der Waals surface area contributed by atoms with Gasteiger partial charge in [0.25, 0.3) is 0 Å². The van der Waals surface area contributed by atoms with Crippen LogP contribution in [0.1, 0.15) is 12.8 Å². The van der Waals surface area contributed by atoms with Gasteiger partial charge in [-0.2, -0.15) is 0 Å². The van der Waals surface area contributed by atoms with Gasteiger partial charge in [0, 0.05) is 12.7 Å². The quantitative estimate of drug-likeness (QED) is 0.748. The van der Waals surface area contributed by atoms with Crippen LogP contribution in [0, 0.1) is 0 Å². The lowest BCUT2D eigenvalue weighted by molar-refractivity contribution is 0.265. The number of nitrogens with zero attached hydrogens (tertiary/aromatic N) is 3. The van der Waals surface area contributed by atoms with Crippen molar-refractivity contribution in [2.45, 2.75) is 18.9 Å². The van der Waals surface area contributed by atoms with Gasteiger partial charge in [-0.3, -0.25) is 0 Å². The molecule has 14 heavy (non-hydrogen) atoms. The first-order valence-electron chi connectivity index (χ1n) is 4.67. The van der Waals surface area contributed by atoms with Crippen molar-refractivity contribution in [1.29, 1.82) is 0 Å². The maximum Gasteiger partial charge on any atom is 0.227 e. The molecule has 4 nitrogen and oxygen atoms in total. The first kappa shape index (κ1) is 9.68. The predicted octanol–water partition coefficient (Wildman–Crippen LogP) is 1.09. The van der Waals surface area contributed by atoms with E-state index in [2.05, 4.69) is 9.97 Å². The molecule has 0 bridgehead atoms. The van der Waals surface area contributed by atoms with Crippen molar-refractivity contribution in [3.63, 3.8) is 0 Å². The molecule has 0 radical (unpaired) electrons. The van der Waals surface area contributed by atoms with Crippen molar-refractivity contribution < 1.29 is 5.11 Å². The SMILES string of the molecule is OC[C@H]1CCCN1c1nccc(Cl)n1. The Hall–Kier alpha value is -0.870. The van der Waals surface area contributed by atoms with E-state index in [1.54, 1.807) is 12.3 Å². The van der Waals surface area contributed by atoms with Crippen LogP contribution in [0.3, 0.4) is 0 Å². The minimum Gasteiger partial charge on any atom is -0.394 e. The monoisotopic (exact) mass is 213 g/mol. The molecular weight excluding hydrogens is 202 g/mol. The van der Waals surface area contributed by atoms with Gasteiger partial charge in [0.2, 0.25) is 5.95 Å². The second-order valence-corrected chi connectivity index (χ2v) is 3.74. The van der Waals surface area contributed by atoms with Gasteiger partial charge < -0.3 is 10.0 Å². The molecule has 1 aliphatic heterocycles. The highest BCUT2D eigenvalue weighted by atomic mass is 35.5. The molecule has 0 aliphatic carbocycles. The lowest BCUT2D eigenvalue weighted by atomic mass is 10.2. The molecule has 1 N–H and O–H groups in total. The maximum atomic E-state index is 9.14. The minimum atomic E-state index is 0.147. The van der Waals surface area contributed by atoms with E-state index in [-0.39, 0.29) is 12.6 Å². The standard InChI is InChI=1S/C9H12ClN3O/c10-8-3-4-11-9(12-8)13-5-1-2-7(13)6-14/h3-4,7,14H,1-2,5-6H2/t7-/m1/s1. The molecule has 1 aromatic heterocycles. The Morgan fingerprint density at radius 1 is 1.64 bits per heavy atom. The molecule has 2 heterocycles. The topological polar surface area (TPSA) is 49.2 Å². The van der Waals surface area contributed by atoms with Crippen molar-refractivity contribution in [1.82, 2.24) is 9.97 Å². The van der Waals surface area contributed by atoms with Crippen LogP contribution in [0.2, 0.25) is 5.15 Å². The highest BCUT2D eigenvalue weighted by Gasteiger charge is 2.25. The number of anilines is 1. The van der Waals surface area contributed by atoms with E-state index in [0.717, 1.165) is 19.4 Å². The Morgan fingerprint density at radius 3 is 3.21 bits per heavy atom. The second-order valence-electron chi connectivity index (χ2n) is 3.35. The van der Waals surface area contributed by atoms with Crippen LogP contribution >= 0.6 is 11.6 Å². The Bertz CT molecular complexity index is 321. The molecule has 1 atom stereocenters. The van der Waals surface area contributed by atoms with Gasteiger partial charge in [0.15, 0.2) is 0 Å². The van der Waals surface area contributed by atoms with E-state index in [9.17, 15) is 0 Å². The molecule has 76 valence electrons. The fourth-order valence-corrected chi connectivity index (χ4v) is 1.89. The molecular formula is C9H12ClN3O. The van der Waals surface area contributed by atoms with Gasteiger partial charge in [-0.05, 0) is 18.9 Å². The van der Waals surface area contributed by atoms with Crippen LogP contribution in [-0.4, -0.2) is 34.3 Å². The third-order valence-electron chi connectivity index (χ3n) is 2.45. The molecule has 0 saturated carbocycles. The molecule has 0 aromatic carbocycles. The third-order valence-corrected chi connectivity index (χ3v) is 2.66. The molecule has 5 heteroatoms. The van der Waals surface area contributed by atoms with Crippen molar-refractivity contribution in [2.24, 2.45) is 0 Å². The lowest BCUT2D eigenvalue weighted by Gasteiger charge is -2.22. The summed E-state index contributed by atoms with van der Waals surface area (Å²) in [5.41, 5.74) is 0. The molecule has 1 fully saturated rings. The Balaban J connectivity index is 2.21. The zero-order chi connectivity index (χ0) is 9.97. The Labute approximate surface area is 87.5 Å². The van der Waals surface area contributed by atoms with Crippen LogP contribution in [0.5, 0.6) is 0 Å². The van der Waals surface area contributed by atoms with Crippen LogP contribution in [-0.2, 0) is 0 Å². The van der Waals surface area contributed by atoms with Gasteiger partial charge in [0.1, 0.15) is 5.15 Å². The van der Waals surface area contributed by atoms with Crippen LogP contribution in [0.15, 0.2) is 12.3 Å². The number of halogens is 1. The normalized spacial score (nSPS) is 21.6. The first-order chi connectivity index (χ1) is 6.81. The summed E-state index contributed by atoms with van der Waals surface area (Å²) < 4.78 is 0. The molecule has 2 rings (SSSR count). The third kappa shape index (κ3) is 1.81. The number of hydrogen-bond acceptors (Lipinski definition) is 4. The zero-order valence-corrected chi connectivity index (χ0v) is 8.48. The smallest absolute Gasteiger partial charge is 0.227 e. The summed E-state index contributed by atoms with van der Waals surface area (Å²) in [5, 5.41) is 9.58. The van der Waals surface area contributed by atoms with E-state index >= 15 is 0 Å². The second kappa shape index (κ2) is 4.11. The van der Waals surface area contributed by atoms with Crippen LogP contribution in [0.25, 0.3) is 0 Å². The van der Waals surface area contributed by atoms with E-state index in [0.29, 0.717) is 11.1 Å². The van der Waals surface area contributed by atoms with Crippen molar-refractivity contribution >= 4 is 17.5 Å². The number of aromatic nitrogens is 2. The Kier molecular flexibility index (Phi) is 2.84. The number of rotatable bonds is 2. The summed E-state index contributed by atoms with van der Waals surface area (Å²) in [7, 11) is 0. The Morgan fingerprint density at radius 2 is 2.50 bits per heavy atom. The largest absolute Gasteiger partial charge is 0.394 e. The maximum absolute atomic E-state index is 9.14.